The number of benzene rings is 1. The van der Waals surface area contributed by atoms with E-state index in [1.54, 1.807) is 0 Å². The first-order chi connectivity index (χ1) is 9.69. The minimum Gasteiger partial charge on any atom is -0.354 e. The predicted molar refractivity (Wildman–Crippen MR) is 83.2 cm³/mol. The Morgan fingerprint density at radius 1 is 1.25 bits per heavy atom. The number of likely N-dealkylation sites (N-methyl/N-ethyl adjacent to an activating group) is 1. The van der Waals surface area contributed by atoms with Crippen LogP contribution < -0.4 is 10.6 Å². The molecule has 110 valence electrons. The maximum absolute atomic E-state index is 12.7. The summed E-state index contributed by atoms with van der Waals surface area (Å²) in [7, 11) is 1.89. The van der Waals surface area contributed by atoms with Crippen LogP contribution >= 0.6 is 11.6 Å². The first-order valence-electron chi connectivity index (χ1n) is 7.38. The lowest BCUT2D eigenvalue weighted by molar-refractivity contribution is -0.128. The zero-order valence-electron chi connectivity index (χ0n) is 12.0. The van der Waals surface area contributed by atoms with E-state index in [1.807, 2.05) is 31.3 Å². The van der Waals surface area contributed by atoms with Crippen LogP contribution in [0.25, 0.3) is 0 Å². The van der Waals surface area contributed by atoms with Crippen molar-refractivity contribution in [3.63, 3.8) is 0 Å². The molecule has 0 heterocycles. The number of hydrogen-bond acceptors (Lipinski definition) is 2. The summed E-state index contributed by atoms with van der Waals surface area (Å²) in [5.41, 5.74) is 0.670. The maximum Gasteiger partial charge on any atom is 0.230 e. The van der Waals surface area contributed by atoms with Gasteiger partial charge in [0.2, 0.25) is 5.91 Å². The first-order valence-corrected chi connectivity index (χ1v) is 7.76. The van der Waals surface area contributed by atoms with E-state index in [1.165, 1.54) is 6.42 Å². The van der Waals surface area contributed by atoms with Crippen LogP contribution in [0.1, 0.15) is 37.7 Å². The topological polar surface area (TPSA) is 41.1 Å². The van der Waals surface area contributed by atoms with Crippen molar-refractivity contribution < 1.29 is 4.79 Å². The molecule has 4 heteroatoms. The second-order valence-electron chi connectivity index (χ2n) is 5.51. The molecule has 1 aliphatic carbocycles. The Morgan fingerprint density at radius 2 is 2.00 bits per heavy atom. The summed E-state index contributed by atoms with van der Waals surface area (Å²) in [6.45, 7) is 1.45. The third-order valence-corrected chi connectivity index (χ3v) is 4.41. The lowest BCUT2D eigenvalue weighted by atomic mass is 9.68. The van der Waals surface area contributed by atoms with Crippen LogP contribution in [0.15, 0.2) is 24.3 Å². The molecule has 1 aromatic carbocycles. The van der Waals surface area contributed by atoms with Gasteiger partial charge in [0.15, 0.2) is 0 Å². The lowest BCUT2D eigenvalue weighted by Crippen LogP contribution is -2.47. The largest absolute Gasteiger partial charge is 0.354 e. The molecule has 0 saturated heterocycles. The summed E-state index contributed by atoms with van der Waals surface area (Å²) < 4.78 is 0. The Bertz CT molecular complexity index is 456. The minimum absolute atomic E-state index is 0.148. The van der Waals surface area contributed by atoms with Gasteiger partial charge in [0.25, 0.3) is 0 Å². The van der Waals surface area contributed by atoms with Crippen molar-refractivity contribution in [1.29, 1.82) is 0 Å². The molecule has 1 aliphatic rings. The molecule has 0 spiro atoms. The van der Waals surface area contributed by atoms with Crippen molar-refractivity contribution in [2.45, 2.75) is 37.5 Å². The second-order valence-corrected chi connectivity index (χ2v) is 5.95. The van der Waals surface area contributed by atoms with Crippen molar-refractivity contribution in [2.24, 2.45) is 0 Å². The average Bonchev–Trinajstić information content (AvgIpc) is 2.48. The fourth-order valence-corrected chi connectivity index (χ4v) is 3.25. The van der Waals surface area contributed by atoms with Crippen LogP contribution in [0, 0.1) is 0 Å². The van der Waals surface area contributed by atoms with Gasteiger partial charge in [-0.05, 0) is 37.6 Å². The SMILES string of the molecule is CNCCNC(=O)C1(c2cccc(Cl)c2)CCCCC1. The maximum atomic E-state index is 12.7. The van der Waals surface area contributed by atoms with Gasteiger partial charge in [0.05, 0.1) is 5.41 Å². The molecule has 0 aliphatic heterocycles. The van der Waals surface area contributed by atoms with Crippen molar-refractivity contribution >= 4 is 17.5 Å². The molecule has 0 radical (unpaired) electrons. The highest BCUT2D eigenvalue weighted by Crippen LogP contribution is 2.40. The Balaban J connectivity index is 2.23. The van der Waals surface area contributed by atoms with E-state index in [2.05, 4.69) is 10.6 Å². The molecule has 0 atom stereocenters. The van der Waals surface area contributed by atoms with Crippen molar-refractivity contribution in [2.75, 3.05) is 20.1 Å². The second kappa shape index (κ2) is 7.09. The highest BCUT2D eigenvalue weighted by Gasteiger charge is 2.40. The summed E-state index contributed by atoms with van der Waals surface area (Å²) in [4.78, 5) is 12.7. The summed E-state index contributed by atoms with van der Waals surface area (Å²) >= 11 is 6.12. The number of halogens is 1. The molecule has 1 saturated carbocycles. The minimum atomic E-state index is -0.392. The average molecular weight is 295 g/mol. The number of carbonyl (C=O) groups excluding carboxylic acids is 1. The molecular formula is C16H23ClN2O. The van der Waals surface area contributed by atoms with Gasteiger partial charge >= 0.3 is 0 Å². The molecular weight excluding hydrogens is 272 g/mol. The highest BCUT2D eigenvalue weighted by atomic mass is 35.5. The Labute approximate surface area is 126 Å². The summed E-state index contributed by atoms with van der Waals surface area (Å²) in [6, 6.07) is 7.79. The van der Waals surface area contributed by atoms with Crippen molar-refractivity contribution in [1.82, 2.24) is 10.6 Å². The van der Waals surface area contributed by atoms with Crippen molar-refractivity contribution in [3.05, 3.63) is 34.9 Å². The molecule has 1 amide bonds. The normalized spacial score (nSPS) is 17.7. The van der Waals surface area contributed by atoms with E-state index in [9.17, 15) is 4.79 Å². The Morgan fingerprint density at radius 3 is 2.65 bits per heavy atom. The molecule has 0 bridgehead atoms. The third kappa shape index (κ3) is 3.33. The zero-order valence-corrected chi connectivity index (χ0v) is 12.8. The smallest absolute Gasteiger partial charge is 0.230 e. The van der Waals surface area contributed by atoms with E-state index < -0.39 is 5.41 Å². The van der Waals surface area contributed by atoms with Crippen LogP contribution in [0.4, 0.5) is 0 Å². The molecule has 2 rings (SSSR count). The van der Waals surface area contributed by atoms with Crippen LogP contribution in [-0.2, 0) is 10.2 Å². The van der Waals surface area contributed by atoms with Gasteiger partial charge in [0.1, 0.15) is 0 Å². The van der Waals surface area contributed by atoms with E-state index in [4.69, 9.17) is 11.6 Å². The number of carbonyl (C=O) groups is 1. The Kier molecular flexibility index (Phi) is 5.44. The monoisotopic (exact) mass is 294 g/mol. The van der Waals surface area contributed by atoms with Crippen LogP contribution in [0.2, 0.25) is 5.02 Å². The molecule has 3 nitrogen and oxygen atoms in total. The number of nitrogens with one attached hydrogen (secondary N) is 2. The van der Waals surface area contributed by atoms with Gasteiger partial charge in [-0.15, -0.1) is 0 Å². The van der Waals surface area contributed by atoms with Crippen LogP contribution in [-0.4, -0.2) is 26.0 Å². The summed E-state index contributed by atoms with van der Waals surface area (Å²) in [5, 5.41) is 6.82. The van der Waals surface area contributed by atoms with E-state index in [0.29, 0.717) is 11.6 Å². The number of hydrogen-bond donors (Lipinski definition) is 2. The number of rotatable bonds is 5. The van der Waals surface area contributed by atoms with Gasteiger partial charge in [0, 0.05) is 18.1 Å². The van der Waals surface area contributed by atoms with E-state index >= 15 is 0 Å². The molecule has 0 unspecified atom stereocenters. The lowest BCUT2D eigenvalue weighted by Gasteiger charge is -2.36. The first kappa shape index (κ1) is 15.3. The van der Waals surface area contributed by atoms with E-state index in [-0.39, 0.29) is 5.91 Å². The van der Waals surface area contributed by atoms with Gasteiger partial charge < -0.3 is 10.6 Å². The summed E-state index contributed by atoms with van der Waals surface area (Å²) in [5.74, 6) is 0.148. The predicted octanol–water partition coefficient (Wildman–Crippen LogP) is 2.88. The van der Waals surface area contributed by atoms with E-state index in [0.717, 1.165) is 37.8 Å². The quantitative estimate of drug-likeness (QED) is 0.820. The standard InChI is InChI=1S/C16H23ClN2O/c1-18-10-11-19-15(20)16(8-3-2-4-9-16)13-6-5-7-14(17)12-13/h5-7,12,18H,2-4,8-11H2,1H3,(H,19,20). The third-order valence-electron chi connectivity index (χ3n) is 4.18. The molecule has 0 aromatic heterocycles. The van der Waals surface area contributed by atoms with Gasteiger partial charge in [-0.3, -0.25) is 4.79 Å². The van der Waals surface area contributed by atoms with Gasteiger partial charge in [-0.25, -0.2) is 0 Å². The van der Waals surface area contributed by atoms with Crippen LogP contribution in [0.3, 0.4) is 0 Å². The number of amides is 1. The van der Waals surface area contributed by atoms with Gasteiger partial charge in [-0.2, -0.15) is 0 Å². The summed E-state index contributed by atoms with van der Waals surface area (Å²) in [6.07, 6.45) is 5.25. The molecule has 2 N–H and O–H groups in total. The zero-order chi connectivity index (χ0) is 14.4. The Hall–Kier alpha value is -1.06. The van der Waals surface area contributed by atoms with Crippen molar-refractivity contribution in [3.8, 4) is 0 Å². The fraction of sp³-hybridized carbons (Fsp3) is 0.562. The fourth-order valence-electron chi connectivity index (χ4n) is 3.06. The highest BCUT2D eigenvalue weighted by molar-refractivity contribution is 6.30. The molecule has 1 aromatic rings. The molecule has 20 heavy (non-hydrogen) atoms. The van der Waals surface area contributed by atoms with Gasteiger partial charge in [-0.1, -0.05) is 43.0 Å². The molecule has 1 fully saturated rings. The van der Waals surface area contributed by atoms with Crippen LogP contribution in [0.5, 0.6) is 0 Å².